The Morgan fingerprint density at radius 3 is 3.00 bits per heavy atom. The highest BCUT2D eigenvalue weighted by Gasteiger charge is 2.20. The molecule has 1 fully saturated rings. The van der Waals surface area contributed by atoms with Crippen LogP contribution in [-0.2, 0) is 11.3 Å². The second-order valence-electron chi connectivity index (χ2n) is 5.33. The number of morpholine rings is 1. The molecule has 1 aromatic rings. The molecule has 1 heterocycles. The van der Waals surface area contributed by atoms with Gasteiger partial charge < -0.3 is 15.4 Å². The molecule has 106 valence electrons. The lowest BCUT2D eigenvalue weighted by molar-refractivity contribution is -0.0360. The zero-order chi connectivity index (χ0) is 13.7. The number of rotatable bonds is 5. The number of hydrogen-bond acceptors (Lipinski definition) is 4. The van der Waals surface area contributed by atoms with Gasteiger partial charge in [-0.3, -0.25) is 4.90 Å². The van der Waals surface area contributed by atoms with Crippen LogP contribution in [0.3, 0.4) is 0 Å². The van der Waals surface area contributed by atoms with Crippen LogP contribution < -0.4 is 5.73 Å². The Bertz CT molecular complexity index is 397. The van der Waals surface area contributed by atoms with Gasteiger partial charge in [0.2, 0.25) is 0 Å². The van der Waals surface area contributed by atoms with Crippen molar-refractivity contribution in [3.63, 3.8) is 0 Å². The van der Waals surface area contributed by atoms with E-state index in [1.54, 1.807) is 0 Å². The Morgan fingerprint density at radius 2 is 2.32 bits per heavy atom. The van der Waals surface area contributed by atoms with Gasteiger partial charge in [0.1, 0.15) is 0 Å². The minimum Gasteiger partial charge on any atom is -0.399 e. The largest absolute Gasteiger partial charge is 0.399 e. The summed E-state index contributed by atoms with van der Waals surface area (Å²) in [6, 6.07) is 8.13. The number of likely N-dealkylation sites (N-methyl/N-ethyl adjacent to an activating group) is 2. The number of benzene rings is 1. The molecule has 0 amide bonds. The fourth-order valence-electron chi connectivity index (χ4n) is 2.52. The molecule has 1 aromatic carbocycles. The van der Waals surface area contributed by atoms with E-state index < -0.39 is 0 Å². The number of hydrogen-bond donors (Lipinski definition) is 1. The van der Waals surface area contributed by atoms with Crippen molar-refractivity contribution in [2.75, 3.05) is 45.6 Å². The molecule has 0 bridgehead atoms. The average Bonchev–Trinajstić information content (AvgIpc) is 2.38. The molecule has 0 radical (unpaired) electrons. The fraction of sp³-hybridized carbons (Fsp3) is 0.600. The van der Waals surface area contributed by atoms with Crippen LogP contribution in [0.2, 0.25) is 0 Å². The summed E-state index contributed by atoms with van der Waals surface area (Å²) in [5.41, 5.74) is 7.93. The number of nitrogens with two attached hydrogens (primary N) is 1. The number of nitrogens with zero attached hydrogens (tertiary/aromatic N) is 2. The van der Waals surface area contributed by atoms with E-state index >= 15 is 0 Å². The van der Waals surface area contributed by atoms with Gasteiger partial charge in [-0.25, -0.2) is 0 Å². The molecule has 0 saturated carbocycles. The van der Waals surface area contributed by atoms with Crippen molar-refractivity contribution in [1.82, 2.24) is 9.80 Å². The van der Waals surface area contributed by atoms with E-state index in [0.29, 0.717) is 6.10 Å². The Balaban J connectivity index is 1.89. The van der Waals surface area contributed by atoms with Crippen molar-refractivity contribution in [3.05, 3.63) is 29.8 Å². The smallest absolute Gasteiger partial charge is 0.0829 e. The summed E-state index contributed by atoms with van der Waals surface area (Å²) in [5, 5.41) is 0. The number of ether oxygens (including phenoxy) is 1. The molecular weight excluding hydrogens is 238 g/mol. The molecule has 2 rings (SSSR count). The minimum atomic E-state index is 0.319. The van der Waals surface area contributed by atoms with Gasteiger partial charge in [-0.1, -0.05) is 19.1 Å². The van der Waals surface area contributed by atoms with Gasteiger partial charge in [-0.15, -0.1) is 0 Å². The van der Waals surface area contributed by atoms with Crippen molar-refractivity contribution in [1.29, 1.82) is 0 Å². The van der Waals surface area contributed by atoms with E-state index in [9.17, 15) is 0 Å². The third-order valence-electron chi connectivity index (χ3n) is 3.61. The first-order valence-corrected chi connectivity index (χ1v) is 7.04. The molecule has 1 unspecified atom stereocenters. The third kappa shape index (κ3) is 4.49. The topological polar surface area (TPSA) is 41.7 Å². The molecule has 0 spiro atoms. The SMILES string of the molecule is CCN(Cc1cccc(N)c1)CC1CN(C)CCO1. The summed E-state index contributed by atoms with van der Waals surface area (Å²) in [5.74, 6) is 0. The first-order valence-electron chi connectivity index (χ1n) is 7.04. The Hall–Kier alpha value is -1.10. The first kappa shape index (κ1) is 14.3. The summed E-state index contributed by atoms with van der Waals surface area (Å²) < 4.78 is 5.83. The van der Waals surface area contributed by atoms with Gasteiger partial charge in [0.05, 0.1) is 12.7 Å². The minimum absolute atomic E-state index is 0.319. The van der Waals surface area contributed by atoms with Crippen LogP contribution in [0.4, 0.5) is 5.69 Å². The van der Waals surface area contributed by atoms with Gasteiger partial charge in [0.15, 0.2) is 0 Å². The molecule has 2 N–H and O–H groups in total. The van der Waals surface area contributed by atoms with Crippen molar-refractivity contribution >= 4 is 5.69 Å². The average molecular weight is 263 g/mol. The standard InChI is InChI=1S/C15H25N3O/c1-3-18(10-13-5-4-6-14(16)9-13)12-15-11-17(2)7-8-19-15/h4-6,9,15H,3,7-8,10-12,16H2,1-2H3. The van der Waals surface area contributed by atoms with Gasteiger partial charge >= 0.3 is 0 Å². The quantitative estimate of drug-likeness (QED) is 0.816. The van der Waals surface area contributed by atoms with Gasteiger partial charge in [0, 0.05) is 31.9 Å². The molecule has 1 atom stereocenters. The monoisotopic (exact) mass is 263 g/mol. The molecule has 4 heteroatoms. The van der Waals surface area contributed by atoms with Crippen LogP contribution in [-0.4, -0.2) is 55.7 Å². The molecule has 4 nitrogen and oxygen atoms in total. The summed E-state index contributed by atoms with van der Waals surface area (Å²) >= 11 is 0. The molecule has 19 heavy (non-hydrogen) atoms. The maximum Gasteiger partial charge on any atom is 0.0829 e. The predicted molar refractivity (Wildman–Crippen MR) is 79.0 cm³/mol. The molecular formula is C15H25N3O. The Labute approximate surface area is 116 Å². The van der Waals surface area contributed by atoms with Crippen LogP contribution >= 0.6 is 0 Å². The predicted octanol–water partition coefficient (Wildman–Crippen LogP) is 1.42. The second-order valence-corrected chi connectivity index (χ2v) is 5.33. The lowest BCUT2D eigenvalue weighted by atomic mass is 10.1. The van der Waals surface area contributed by atoms with E-state index in [1.807, 2.05) is 12.1 Å². The molecule has 1 aliphatic rings. The maximum atomic E-state index is 5.83. The summed E-state index contributed by atoms with van der Waals surface area (Å²) in [4.78, 5) is 4.75. The van der Waals surface area contributed by atoms with Crippen molar-refractivity contribution in [2.24, 2.45) is 0 Å². The molecule has 1 saturated heterocycles. The van der Waals surface area contributed by atoms with Crippen molar-refractivity contribution < 1.29 is 4.74 Å². The summed E-state index contributed by atoms with van der Waals surface area (Å²) in [6.45, 7) is 8.04. The summed E-state index contributed by atoms with van der Waals surface area (Å²) in [6.07, 6.45) is 0.319. The molecule has 0 aromatic heterocycles. The van der Waals surface area contributed by atoms with Crippen molar-refractivity contribution in [2.45, 2.75) is 19.6 Å². The van der Waals surface area contributed by atoms with Crippen LogP contribution in [0.15, 0.2) is 24.3 Å². The maximum absolute atomic E-state index is 5.83. The third-order valence-corrected chi connectivity index (χ3v) is 3.61. The number of nitrogen functional groups attached to an aromatic ring is 1. The van der Waals surface area contributed by atoms with Crippen molar-refractivity contribution in [3.8, 4) is 0 Å². The van der Waals surface area contributed by atoms with Crippen LogP contribution in [0.25, 0.3) is 0 Å². The van der Waals surface area contributed by atoms with Crippen LogP contribution in [0.1, 0.15) is 12.5 Å². The fourth-order valence-corrected chi connectivity index (χ4v) is 2.52. The van der Waals surface area contributed by atoms with Gasteiger partial charge in [-0.2, -0.15) is 0 Å². The van der Waals surface area contributed by atoms with Crippen LogP contribution in [0.5, 0.6) is 0 Å². The summed E-state index contributed by atoms with van der Waals surface area (Å²) in [7, 11) is 2.16. The highest BCUT2D eigenvalue weighted by molar-refractivity contribution is 5.40. The normalized spacial score (nSPS) is 20.9. The van der Waals surface area contributed by atoms with E-state index in [1.165, 1.54) is 5.56 Å². The highest BCUT2D eigenvalue weighted by atomic mass is 16.5. The Morgan fingerprint density at radius 1 is 1.47 bits per heavy atom. The van der Waals surface area contributed by atoms with E-state index in [2.05, 4.69) is 35.9 Å². The van der Waals surface area contributed by atoms with E-state index in [4.69, 9.17) is 10.5 Å². The molecule has 0 aliphatic carbocycles. The zero-order valence-electron chi connectivity index (χ0n) is 12.0. The highest BCUT2D eigenvalue weighted by Crippen LogP contribution is 2.11. The lowest BCUT2D eigenvalue weighted by Crippen LogP contribution is -2.45. The van der Waals surface area contributed by atoms with Gasteiger partial charge in [0.25, 0.3) is 0 Å². The van der Waals surface area contributed by atoms with Gasteiger partial charge in [-0.05, 0) is 31.3 Å². The lowest BCUT2D eigenvalue weighted by Gasteiger charge is -2.33. The van der Waals surface area contributed by atoms with E-state index in [0.717, 1.165) is 45.0 Å². The zero-order valence-corrected chi connectivity index (χ0v) is 12.0. The van der Waals surface area contributed by atoms with Crippen LogP contribution in [0, 0.1) is 0 Å². The second kappa shape index (κ2) is 6.89. The number of anilines is 1. The molecule has 1 aliphatic heterocycles. The first-order chi connectivity index (χ1) is 9.17. The van der Waals surface area contributed by atoms with E-state index in [-0.39, 0.29) is 0 Å². The Kier molecular flexibility index (Phi) is 5.19.